The number of anilines is 3. The number of fused-ring (bicyclic) bond motifs is 8. The van der Waals surface area contributed by atoms with Gasteiger partial charge in [-0.25, -0.2) is 0 Å². The Morgan fingerprint density at radius 2 is 0.797 bits per heavy atom. The van der Waals surface area contributed by atoms with Crippen molar-refractivity contribution in [2.45, 2.75) is 0 Å². The summed E-state index contributed by atoms with van der Waals surface area (Å²) in [5.74, 6) is 0. The molecular formula is C56H37N3. The van der Waals surface area contributed by atoms with E-state index in [-0.39, 0.29) is 0 Å². The summed E-state index contributed by atoms with van der Waals surface area (Å²) in [5.41, 5.74) is 12.8. The third-order valence-corrected chi connectivity index (χ3v) is 12.0. The highest BCUT2D eigenvalue weighted by atomic mass is 15.1. The summed E-state index contributed by atoms with van der Waals surface area (Å²) < 4.78 is 4.83. The minimum Gasteiger partial charge on any atom is -0.310 e. The van der Waals surface area contributed by atoms with E-state index in [2.05, 4.69) is 238 Å². The van der Waals surface area contributed by atoms with Crippen LogP contribution >= 0.6 is 0 Å². The molecule has 0 amide bonds. The van der Waals surface area contributed by atoms with Gasteiger partial charge >= 0.3 is 0 Å². The van der Waals surface area contributed by atoms with Gasteiger partial charge in [-0.05, 0) is 118 Å². The lowest BCUT2D eigenvalue weighted by atomic mass is 9.98. The Morgan fingerprint density at radius 3 is 1.49 bits per heavy atom. The number of hydrogen-bond donors (Lipinski definition) is 0. The van der Waals surface area contributed by atoms with Gasteiger partial charge in [0, 0.05) is 50.0 Å². The summed E-state index contributed by atoms with van der Waals surface area (Å²) in [4.78, 5) is 2.37. The van der Waals surface area contributed by atoms with Crippen LogP contribution in [0.25, 0.3) is 87.7 Å². The Hall–Kier alpha value is -7.88. The van der Waals surface area contributed by atoms with Gasteiger partial charge in [-0.2, -0.15) is 0 Å². The van der Waals surface area contributed by atoms with Crippen molar-refractivity contribution in [3.8, 4) is 22.5 Å². The minimum absolute atomic E-state index is 1.10. The fourth-order valence-corrected chi connectivity index (χ4v) is 9.36. The first-order valence-corrected chi connectivity index (χ1v) is 20.3. The molecule has 59 heavy (non-hydrogen) atoms. The van der Waals surface area contributed by atoms with Crippen LogP contribution in [0.1, 0.15) is 0 Å². The van der Waals surface area contributed by atoms with Crippen LogP contribution in [0.2, 0.25) is 0 Å². The van der Waals surface area contributed by atoms with Crippen molar-refractivity contribution in [2.75, 3.05) is 4.90 Å². The molecule has 0 saturated heterocycles. The van der Waals surface area contributed by atoms with Crippen LogP contribution in [-0.2, 0) is 0 Å². The first-order valence-electron chi connectivity index (χ1n) is 20.3. The summed E-state index contributed by atoms with van der Waals surface area (Å²) in [5, 5.41) is 9.89. The second-order valence-corrected chi connectivity index (χ2v) is 15.4. The quantitative estimate of drug-likeness (QED) is 0.165. The smallest absolute Gasteiger partial charge is 0.0547 e. The largest absolute Gasteiger partial charge is 0.310 e. The lowest BCUT2D eigenvalue weighted by Gasteiger charge is -2.26. The van der Waals surface area contributed by atoms with Crippen LogP contribution < -0.4 is 4.90 Å². The van der Waals surface area contributed by atoms with Gasteiger partial charge in [0.1, 0.15) is 0 Å². The Kier molecular flexibility index (Phi) is 7.54. The first kappa shape index (κ1) is 33.3. The van der Waals surface area contributed by atoms with Gasteiger partial charge < -0.3 is 14.0 Å². The second kappa shape index (κ2) is 13.4. The summed E-state index contributed by atoms with van der Waals surface area (Å²) in [6.45, 7) is 0. The van der Waals surface area contributed by atoms with Crippen LogP contribution in [0.4, 0.5) is 17.1 Å². The third kappa shape index (κ3) is 5.36. The van der Waals surface area contributed by atoms with E-state index in [1.165, 1.54) is 76.3 Å². The zero-order valence-electron chi connectivity index (χ0n) is 32.2. The number of para-hydroxylation sites is 3. The summed E-state index contributed by atoms with van der Waals surface area (Å²) in [6.07, 6.45) is 0. The number of rotatable bonds is 6. The van der Waals surface area contributed by atoms with Crippen molar-refractivity contribution in [1.82, 2.24) is 9.13 Å². The molecule has 12 rings (SSSR count). The van der Waals surface area contributed by atoms with E-state index in [0.717, 1.165) is 28.4 Å². The zero-order chi connectivity index (χ0) is 38.9. The maximum Gasteiger partial charge on any atom is 0.0547 e. The molecule has 3 nitrogen and oxygen atoms in total. The average Bonchev–Trinajstić information content (AvgIpc) is 3.82. The second-order valence-electron chi connectivity index (χ2n) is 15.4. The van der Waals surface area contributed by atoms with Crippen molar-refractivity contribution >= 4 is 82.2 Å². The van der Waals surface area contributed by atoms with E-state index < -0.39 is 0 Å². The van der Waals surface area contributed by atoms with E-state index in [1.807, 2.05) is 0 Å². The van der Waals surface area contributed by atoms with Crippen LogP contribution in [-0.4, -0.2) is 9.13 Å². The molecule has 0 unspecified atom stereocenters. The summed E-state index contributed by atoms with van der Waals surface area (Å²) >= 11 is 0. The third-order valence-electron chi connectivity index (χ3n) is 12.0. The number of nitrogens with zero attached hydrogens (tertiary/aromatic N) is 3. The van der Waals surface area contributed by atoms with E-state index in [1.54, 1.807) is 0 Å². The molecule has 3 heteroatoms. The van der Waals surface area contributed by atoms with E-state index >= 15 is 0 Å². The zero-order valence-corrected chi connectivity index (χ0v) is 32.2. The molecule has 0 fully saturated rings. The first-order chi connectivity index (χ1) is 29.3. The molecule has 0 saturated carbocycles. The van der Waals surface area contributed by atoms with Gasteiger partial charge in [0.15, 0.2) is 0 Å². The molecule has 2 heterocycles. The number of aromatic nitrogens is 2. The fourth-order valence-electron chi connectivity index (χ4n) is 9.36. The normalized spacial score (nSPS) is 11.7. The number of hydrogen-bond acceptors (Lipinski definition) is 1. The topological polar surface area (TPSA) is 13.1 Å². The Bertz CT molecular complexity index is 3480. The van der Waals surface area contributed by atoms with Crippen LogP contribution in [0.15, 0.2) is 224 Å². The average molecular weight is 752 g/mol. The minimum atomic E-state index is 1.10. The van der Waals surface area contributed by atoms with Gasteiger partial charge in [0.25, 0.3) is 0 Å². The molecule has 0 atom stereocenters. The molecule has 276 valence electrons. The molecule has 0 bridgehead atoms. The predicted octanol–water partition coefficient (Wildman–Crippen LogP) is 15.3. The monoisotopic (exact) mass is 751 g/mol. The van der Waals surface area contributed by atoms with Gasteiger partial charge in [-0.3, -0.25) is 0 Å². The standard InChI is InChI=1S/C56H37N3/c1-2-17-43(18-3-1)58-53-23-11-9-20-51(53)56-48(21-12-24-54(56)58)42-27-34-50-49-19-8-10-22-52(49)59(55(50)37-42)45-32-30-44(31-33-45)57(46-28-25-38-13-4-6-15-40(38)35-46)47-29-26-39-14-5-7-16-41(39)36-47/h1-37H. The molecule has 0 aliphatic carbocycles. The molecule has 0 aliphatic rings. The fraction of sp³-hybridized carbons (Fsp3) is 0. The van der Waals surface area contributed by atoms with Gasteiger partial charge in [-0.15, -0.1) is 0 Å². The highest BCUT2D eigenvalue weighted by molar-refractivity contribution is 6.17. The van der Waals surface area contributed by atoms with E-state index in [9.17, 15) is 0 Å². The predicted molar refractivity (Wildman–Crippen MR) is 250 cm³/mol. The van der Waals surface area contributed by atoms with E-state index in [4.69, 9.17) is 0 Å². The Morgan fingerprint density at radius 1 is 0.288 bits per heavy atom. The van der Waals surface area contributed by atoms with Gasteiger partial charge in [-0.1, -0.05) is 140 Å². The summed E-state index contributed by atoms with van der Waals surface area (Å²) in [7, 11) is 0. The maximum absolute atomic E-state index is 2.43. The molecule has 0 aliphatic heterocycles. The maximum atomic E-state index is 2.43. The van der Waals surface area contributed by atoms with Gasteiger partial charge in [0.05, 0.1) is 22.1 Å². The highest BCUT2D eigenvalue weighted by Crippen LogP contribution is 2.42. The molecule has 0 spiro atoms. The highest BCUT2D eigenvalue weighted by Gasteiger charge is 2.19. The Balaban J connectivity index is 1.03. The van der Waals surface area contributed by atoms with Crippen LogP contribution in [0, 0.1) is 0 Å². The Labute approximate surface area is 341 Å². The van der Waals surface area contributed by atoms with E-state index in [0.29, 0.717) is 0 Å². The molecule has 0 N–H and O–H groups in total. The molecular weight excluding hydrogens is 715 g/mol. The lowest BCUT2D eigenvalue weighted by Crippen LogP contribution is -2.10. The summed E-state index contributed by atoms with van der Waals surface area (Å²) in [6, 6.07) is 81.8. The van der Waals surface area contributed by atoms with Crippen molar-refractivity contribution in [1.29, 1.82) is 0 Å². The molecule has 10 aromatic carbocycles. The van der Waals surface area contributed by atoms with Crippen molar-refractivity contribution in [3.63, 3.8) is 0 Å². The van der Waals surface area contributed by atoms with Gasteiger partial charge in [0.2, 0.25) is 0 Å². The molecule has 0 radical (unpaired) electrons. The van der Waals surface area contributed by atoms with Crippen molar-refractivity contribution < 1.29 is 0 Å². The van der Waals surface area contributed by atoms with Crippen LogP contribution in [0.3, 0.4) is 0 Å². The molecule has 12 aromatic rings. The SMILES string of the molecule is c1ccc(-n2c3ccccc3c3c(-c4ccc5c6ccccc6n(-c6ccc(N(c7ccc8ccccc8c7)c7ccc8ccccc8c7)cc6)c5c4)cccc32)cc1. The van der Waals surface area contributed by atoms with Crippen molar-refractivity contribution in [2.24, 2.45) is 0 Å². The van der Waals surface area contributed by atoms with Crippen molar-refractivity contribution in [3.05, 3.63) is 224 Å². The lowest BCUT2D eigenvalue weighted by molar-refractivity contribution is 1.17. The molecule has 2 aromatic heterocycles. The van der Waals surface area contributed by atoms with Crippen LogP contribution in [0.5, 0.6) is 0 Å². The number of benzene rings is 10.